The molecule has 0 saturated heterocycles. The van der Waals surface area contributed by atoms with E-state index in [1.807, 2.05) is 0 Å². The van der Waals surface area contributed by atoms with Crippen LogP contribution in [0.3, 0.4) is 0 Å². The van der Waals surface area contributed by atoms with Crippen LogP contribution in [-0.2, 0) is 20.8 Å². The number of nitrogens with one attached hydrogen (secondary N) is 1. The summed E-state index contributed by atoms with van der Waals surface area (Å²) in [6.07, 6.45) is 1.46. The van der Waals surface area contributed by atoms with Gasteiger partial charge in [0.1, 0.15) is 5.02 Å². The number of nitrogens with zero attached hydrogens (tertiary/aromatic N) is 1. The SMILES string of the molecule is CC(CS(C)=O)NS(=O)(=O)c1ccc(Cl)c([N+](=O)[O-])c1. The molecular formula is C10H13ClN2O5S2. The first-order chi connectivity index (χ1) is 9.13. The first-order valence-electron chi connectivity index (χ1n) is 5.40. The van der Waals surface area contributed by atoms with Crippen LogP contribution in [0.1, 0.15) is 6.92 Å². The summed E-state index contributed by atoms with van der Waals surface area (Å²) in [4.78, 5) is 9.71. The summed E-state index contributed by atoms with van der Waals surface area (Å²) in [7, 11) is -5.08. The topological polar surface area (TPSA) is 106 Å². The molecule has 0 aliphatic heterocycles. The molecule has 10 heteroatoms. The van der Waals surface area contributed by atoms with Crippen molar-refractivity contribution >= 4 is 38.1 Å². The maximum Gasteiger partial charge on any atom is 0.289 e. The predicted molar refractivity (Wildman–Crippen MR) is 76.8 cm³/mol. The molecule has 0 aliphatic carbocycles. The maximum absolute atomic E-state index is 12.0. The van der Waals surface area contributed by atoms with Crippen LogP contribution in [0.15, 0.2) is 23.1 Å². The normalized spacial score (nSPS) is 14.8. The van der Waals surface area contributed by atoms with Crippen molar-refractivity contribution in [3.63, 3.8) is 0 Å². The molecule has 1 aromatic rings. The number of nitro groups is 1. The molecule has 7 nitrogen and oxygen atoms in total. The molecule has 0 spiro atoms. The van der Waals surface area contributed by atoms with E-state index in [-0.39, 0.29) is 15.7 Å². The molecule has 1 aromatic carbocycles. The summed E-state index contributed by atoms with van der Waals surface area (Å²) < 4.78 is 37.4. The lowest BCUT2D eigenvalue weighted by molar-refractivity contribution is -0.384. The zero-order valence-electron chi connectivity index (χ0n) is 10.7. The predicted octanol–water partition coefficient (Wildman–Crippen LogP) is 1.29. The third kappa shape index (κ3) is 4.51. The van der Waals surface area contributed by atoms with E-state index in [1.54, 1.807) is 6.92 Å². The molecule has 0 heterocycles. The van der Waals surface area contributed by atoms with Gasteiger partial charge >= 0.3 is 0 Å². The molecule has 1 rings (SSSR count). The van der Waals surface area contributed by atoms with Crippen molar-refractivity contribution in [2.45, 2.75) is 17.9 Å². The summed E-state index contributed by atoms with van der Waals surface area (Å²) in [5.74, 6) is 0.148. The monoisotopic (exact) mass is 340 g/mol. The minimum atomic E-state index is -3.93. The highest BCUT2D eigenvalue weighted by Gasteiger charge is 2.22. The van der Waals surface area contributed by atoms with Crippen molar-refractivity contribution in [3.8, 4) is 0 Å². The largest absolute Gasteiger partial charge is 0.289 e. The summed E-state index contributed by atoms with van der Waals surface area (Å²) in [6.45, 7) is 1.56. The average Bonchev–Trinajstić information content (AvgIpc) is 2.26. The lowest BCUT2D eigenvalue weighted by Crippen LogP contribution is -2.36. The molecule has 0 aromatic heterocycles. The number of benzene rings is 1. The summed E-state index contributed by atoms with van der Waals surface area (Å²) in [5.41, 5.74) is -0.485. The molecule has 0 radical (unpaired) electrons. The van der Waals surface area contributed by atoms with E-state index in [0.717, 1.165) is 12.1 Å². The highest BCUT2D eigenvalue weighted by Crippen LogP contribution is 2.27. The van der Waals surface area contributed by atoms with Crippen LogP contribution in [-0.4, -0.2) is 35.6 Å². The van der Waals surface area contributed by atoms with E-state index in [9.17, 15) is 22.7 Å². The number of hydrogen-bond donors (Lipinski definition) is 1. The Morgan fingerprint density at radius 1 is 1.50 bits per heavy atom. The van der Waals surface area contributed by atoms with E-state index in [1.165, 1.54) is 12.3 Å². The van der Waals surface area contributed by atoms with Gasteiger partial charge in [-0.3, -0.25) is 14.3 Å². The molecule has 0 amide bonds. The zero-order valence-corrected chi connectivity index (χ0v) is 13.1. The molecule has 0 saturated carbocycles. The summed E-state index contributed by atoms with van der Waals surface area (Å²) in [5, 5.41) is 10.6. The fourth-order valence-corrected chi connectivity index (χ4v) is 3.86. The highest BCUT2D eigenvalue weighted by atomic mass is 35.5. The fourth-order valence-electron chi connectivity index (χ4n) is 1.52. The minimum absolute atomic E-state index is 0.142. The van der Waals surface area contributed by atoms with Crippen LogP contribution in [0.2, 0.25) is 5.02 Å². The molecule has 1 N–H and O–H groups in total. The van der Waals surface area contributed by atoms with Crippen molar-refractivity contribution in [2.24, 2.45) is 0 Å². The first-order valence-corrected chi connectivity index (χ1v) is 8.98. The van der Waals surface area contributed by atoms with E-state index in [0.29, 0.717) is 0 Å². The van der Waals surface area contributed by atoms with Crippen LogP contribution in [0, 0.1) is 10.1 Å². The number of halogens is 1. The van der Waals surface area contributed by atoms with E-state index >= 15 is 0 Å². The van der Waals surface area contributed by atoms with E-state index in [4.69, 9.17) is 11.6 Å². The third-order valence-electron chi connectivity index (χ3n) is 2.27. The van der Waals surface area contributed by atoms with Gasteiger partial charge in [0.25, 0.3) is 5.69 Å². The van der Waals surface area contributed by atoms with Crippen LogP contribution < -0.4 is 4.72 Å². The Kier molecular flexibility index (Phi) is 5.63. The van der Waals surface area contributed by atoms with E-state index < -0.39 is 37.5 Å². The van der Waals surface area contributed by atoms with Gasteiger partial charge in [0.05, 0.1) is 9.82 Å². The van der Waals surface area contributed by atoms with Crippen LogP contribution in [0.4, 0.5) is 5.69 Å². The lowest BCUT2D eigenvalue weighted by atomic mass is 10.3. The van der Waals surface area contributed by atoms with E-state index in [2.05, 4.69) is 4.72 Å². The Balaban J connectivity index is 3.07. The second kappa shape index (κ2) is 6.61. The van der Waals surface area contributed by atoms with Crippen LogP contribution >= 0.6 is 11.6 Å². The van der Waals surface area contributed by atoms with Gasteiger partial charge in [-0.1, -0.05) is 11.6 Å². The van der Waals surface area contributed by atoms with Gasteiger partial charge in [0.2, 0.25) is 10.0 Å². The molecule has 2 atom stereocenters. The van der Waals surface area contributed by atoms with Gasteiger partial charge in [-0.25, -0.2) is 13.1 Å². The first kappa shape index (κ1) is 17.0. The number of sulfonamides is 1. The number of hydrogen-bond acceptors (Lipinski definition) is 5. The molecule has 0 bridgehead atoms. The van der Waals surface area contributed by atoms with Gasteiger partial charge < -0.3 is 0 Å². The standard InChI is InChI=1S/C10H13ClN2O5S2/c1-7(6-19(2)16)12-20(17,18)8-3-4-9(11)10(5-8)13(14)15/h3-5,7,12H,6H2,1-2H3. The second-order valence-electron chi connectivity index (χ2n) is 4.13. The lowest BCUT2D eigenvalue weighted by Gasteiger charge is -2.12. The Bertz CT molecular complexity index is 647. The molecule has 112 valence electrons. The second-order valence-corrected chi connectivity index (χ2v) is 7.73. The highest BCUT2D eigenvalue weighted by molar-refractivity contribution is 7.89. The van der Waals surface area contributed by atoms with Gasteiger partial charge in [0, 0.05) is 34.9 Å². The summed E-state index contributed by atoms with van der Waals surface area (Å²) >= 11 is 5.62. The quantitative estimate of drug-likeness (QED) is 0.620. The zero-order chi connectivity index (χ0) is 15.5. The van der Waals surface area contributed by atoms with Crippen molar-refractivity contribution in [1.82, 2.24) is 4.72 Å². The van der Waals surface area contributed by atoms with Crippen LogP contribution in [0.5, 0.6) is 0 Å². The van der Waals surface area contributed by atoms with Gasteiger partial charge in [0.15, 0.2) is 0 Å². The summed E-state index contributed by atoms with van der Waals surface area (Å²) in [6, 6.07) is 2.66. The third-order valence-corrected chi connectivity index (χ3v) is 5.14. The smallest absolute Gasteiger partial charge is 0.260 e. The Morgan fingerprint density at radius 3 is 2.60 bits per heavy atom. The minimum Gasteiger partial charge on any atom is -0.260 e. The average molecular weight is 341 g/mol. The van der Waals surface area contributed by atoms with Gasteiger partial charge in [-0.05, 0) is 19.1 Å². The Morgan fingerprint density at radius 2 is 2.10 bits per heavy atom. The molecule has 0 fully saturated rings. The van der Waals surface area contributed by atoms with Crippen molar-refractivity contribution in [1.29, 1.82) is 0 Å². The van der Waals surface area contributed by atoms with Gasteiger partial charge in [-0.15, -0.1) is 0 Å². The number of rotatable bonds is 6. The molecular weight excluding hydrogens is 328 g/mol. The number of nitro benzene ring substituents is 1. The molecule has 2 unspecified atom stereocenters. The van der Waals surface area contributed by atoms with Crippen molar-refractivity contribution < 1.29 is 17.6 Å². The Labute approximate surface area is 124 Å². The van der Waals surface area contributed by atoms with Crippen LogP contribution in [0.25, 0.3) is 0 Å². The Hall–Kier alpha value is -1.03. The van der Waals surface area contributed by atoms with Crippen molar-refractivity contribution in [3.05, 3.63) is 33.3 Å². The molecule has 0 aliphatic rings. The maximum atomic E-state index is 12.0. The molecule has 20 heavy (non-hydrogen) atoms. The fraction of sp³-hybridized carbons (Fsp3) is 0.400. The van der Waals surface area contributed by atoms with Crippen molar-refractivity contribution in [2.75, 3.05) is 12.0 Å². The van der Waals surface area contributed by atoms with Gasteiger partial charge in [-0.2, -0.15) is 0 Å².